The van der Waals surface area contributed by atoms with Crippen molar-refractivity contribution in [3.8, 4) is 0 Å². The molecule has 2 atom stereocenters. The second kappa shape index (κ2) is 4.80. The first-order valence-electron chi connectivity index (χ1n) is 3.03. The summed E-state index contributed by atoms with van der Waals surface area (Å²) in [5.74, 6) is -0.404. The van der Waals surface area contributed by atoms with Crippen LogP contribution in [0, 0.1) is 0 Å². The van der Waals surface area contributed by atoms with E-state index in [0.29, 0.717) is 6.42 Å². The highest BCUT2D eigenvalue weighted by Gasteiger charge is 2.16. The number of esters is 1. The van der Waals surface area contributed by atoms with Gasteiger partial charge in [0.15, 0.2) is 5.56 Å². The fraction of sp³-hybridized carbons (Fsp3) is 0.833. The fourth-order valence-electron chi connectivity index (χ4n) is 0.418. The Balaban J connectivity index is 3.61. The molecule has 10 heavy (non-hydrogen) atoms. The molecule has 0 spiro atoms. The molecule has 0 radical (unpaired) electrons. The minimum absolute atomic E-state index is 0.300. The molecule has 0 aromatic rings. The molecule has 0 rings (SSSR count). The van der Waals surface area contributed by atoms with Crippen LogP contribution in [0.25, 0.3) is 0 Å². The maximum atomic E-state index is 10.3. The van der Waals surface area contributed by atoms with Gasteiger partial charge in [-0.2, -0.15) is 0 Å². The predicted molar refractivity (Wildman–Crippen MR) is 41.3 cm³/mol. The van der Waals surface area contributed by atoms with E-state index in [9.17, 15) is 4.79 Å². The Morgan fingerprint density at radius 1 is 1.60 bits per heavy atom. The lowest BCUT2D eigenvalue weighted by atomic mass is 10.3. The van der Waals surface area contributed by atoms with Gasteiger partial charge in [-0.05, 0) is 6.42 Å². The van der Waals surface area contributed by atoms with Crippen molar-refractivity contribution in [2.24, 2.45) is 0 Å². The number of rotatable bonds is 3. The third kappa shape index (κ3) is 3.96. The summed E-state index contributed by atoms with van der Waals surface area (Å²) in [6.45, 7) is 3.17. The molecule has 0 aliphatic heterocycles. The summed E-state index contributed by atoms with van der Waals surface area (Å²) < 4.78 is 4.60. The van der Waals surface area contributed by atoms with Crippen LogP contribution < -0.4 is 0 Å². The van der Waals surface area contributed by atoms with Crippen molar-refractivity contribution in [1.29, 1.82) is 0 Å². The van der Waals surface area contributed by atoms with Crippen molar-refractivity contribution < 1.29 is 9.53 Å². The summed E-state index contributed by atoms with van der Waals surface area (Å²) >= 11 is 11.2. The molecule has 0 aromatic heterocycles. The fourth-order valence-corrected chi connectivity index (χ4v) is 0.773. The van der Waals surface area contributed by atoms with E-state index >= 15 is 0 Å². The Labute approximate surface area is 70.4 Å². The van der Waals surface area contributed by atoms with Crippen LogP contribution in [0.2, 0.25) is 0 Å². The first-order chi connectivity index (χ1) is 4.57. The Morgan fingerprint density at radius 2 is 2.10 bits per heavy atom. The average molecular weight is 185 g/mol. The van der Waals surface area contributed by atoms with Crippen LogP contribution in [-0.4, -0.2) is 16.9 Å². The van der Waals surface area contributed by atoms with Gasteiger partial charge in [0.2, 0.25) is 0 Å². The molecule has 0 saturated heterocycles. The van der Waals surface area contributed by atoms with Gasteiger partial charge in [0, 0.05) is 6.92 Å². The summed E-state index contributed by atoms with van der Waals surface area (Å²) in [4.78, 5) is 10.3. The standard InChI is InChI=1S/C6H10Cl2O2/c1-3-5(7)6(8)10-4(2)9/h5-6H,3H2,1-2H3. The van der Waals surface area contributed by atoms with Crippen molar-refractivity contribution >= 4 is 29.2 Å². The van der Waals surface area contributed by atoms with Crippen molar-refractivity contribution in [3.05, 3.63) is 0 Å². The first kappa shape index (κ1) is 10.0. The SMILES string of the molecule is CCC(Cl)C(Cl)OC(C)=O. The molecule has 2 unspecified atom stereocenters. The molecule has 0 aromatic carbocycles. The van der Waals surface area contributed by atoms with Gasteiger partial charge >= 0.3 is 5.97 Å². The maximum Gasteiger partial charge on any atom is 0.304 e. The zero-order chi connectivity index (χ0) is 8.15. The van der Waals surface area contributed by atoms with E-state index in [4.69, 9.17) is 23.2 Å². The number of ether oxygens (including phenoxy) is 1. The Kier molecular flexibility index (Phi) is 4.83. The normalized spacial score (nSPS) is 16.0. The van der Waals surface area contributed by atoms with Crippen molar-refractivity contribution in [2.45, 2.75) is 31.2 Å². The summed E-state index contributed by atoms with van der Waals surface area (Å²) in [6, 6.07) is 0. The Hall–Kier alpha value is 0.0500. The molecule has 0 heterocycles. The number of hydrogen-bond acceptors (Lipinski definition) is 2. The van der Waals surface area contributed by atoms with Crippen LogP contribution in [0.1, 0.15) is 20.3 Å². The van der Waals surface area contributed by atoms with Crippen molar-refractivity contribution in [2.75, 3.05) is 0 Å². The summed E-state index contributed by atoms with van der Waals surface area (Å²) in [5, 5.41) is -0.300. The zero-order valence-electron chi connectivity index (χ0n) is 5.93. The number of alkyl halides is 2. The molecule has 60 valence electrons. The van der Waals surface area contributed by atoms with E-state index in [2.05, 4.69) is 4.74 Å². The molecule has 0 fully saturated rings. The van der Waals surface area contributed by atoms with E-state index in [1.165, 1.54) is 6.92 Å². The highest BCUT2D eigenvalue weighted by Crippen LogP contribution is 2.14. The van der Waals surface area contributed by atoms with Gasteiger partial charge in [-0.15, -0.1) is 11.6 Å². The van der Waals surface area contributed by atoms with Gasteiger partial charge in [-0.3, -0.25) is 4.79 Å². The molecular weight excluding hydrogens is 175 g/mol. The van der Waals surface area contributed by atoms with Gasteiger partial charge in [-0.25, -0.2) is 0 Å². The number of halogens is 2. The van der Waals surface area contributed by atoms with Gasteiger partial charge in [0.1, 0.15) is 0 Å². The summed E-state index contributed by atoms with van der Waals surface area (Å²) in [7, 11) is 0. The largest absolute Gasteiger partial charge is 0.445 e. The number of carbonyl (C=O) groups excluding carboxylic acids is 1. The van der Waals surface area contributed by atoms with Gasteiger partial charge in [0.05, 0.1) is 5.38 Å². The molecule has 4 heteroatoms. The lowest BCUT2D eigenvalue weighted by molar-refractivity contribution is -0.142. The molecule has 0 aliphatic rings. The van der Waals surface area contributed by atoms with E-state index in [1.54, 1.807) is 0 Å². The number of hydrogen-bond donors (Lipinski definition) is 0. The highest BCUT2D eigenvalue weighted by molar-refractivity contribution is 6.29. The number of carbonyl (C=O) groups is 1. The Bertz CT molecular complexity index is 116. The lowest BCUT2D eigenvalue weighted by Gasteiger charge is -2.13. The van der Waals surface area contributed by atoms with Gasteiger partial charge in [-0.1, -0.05) is 18.5 Å². The monoisotopic (exact) mass is 184 g/mol. The molecule has 0 bridgehead atoms. The maximum absolute atomic E-state index is 10.3. The lowest BCUT2D eigenvalue weighted by Crippen LogP contribution is -2.20. The molecule has 2 nitrogen and oxygen atoms in total. The smallest absolute Gasteiger partial charge is 0.304 e. The minimum Gasteiger partial charge on any atom is -0.445 e. The van der Waals surface area contributed by atoms with Crippen molar-refractivity contribution in [3.63, 3.8) is 0 Å². The molecule has 0 amide bonds. The van der Waals surface area contributed by atoms with Crippen LogP contribution in [0.4, 0.5) is 0 Å². The molecular formula is C6H10Cl2O2. The second-order valence-electron chi connectivity index (χ2n) is 1.88. The topological polar surface area (TPSA) is 26.3 Å². The quantitative estimate of drug-likeness (QED) is 0.497. The first-order valence-corrected chi connectivity index (χ1v) is 3.90. The second-order valence-corrected chi connectivity index (χ2v) is 2.88. The van der Waals surface area contributed by atoms with E-state index < -0.39 is 11.5 Å². The summed E-state index contributed by atoms with van der Waals surface area (Å²) in [5.41, 5.74) is -0.704. The summed E-state index contributed by atoms with van der Waals surface area (Å²) in [6.07, 6.45) is 0.684. The van der Waals surface area contributed by atoms with Crippen LogP contribution in [0.5, 0.6) is 0 Å². The third-order valence-electron chi connectivity index (χ3n) is 0.953. The highest BCUT2D eigenvalue weighted by atomic mass is 35.5. The van der Waals surface area contributed by atoms with Gasteiger partial charge in [0.25, 0.3) is 0 Å². The van der Waals surface area contributed by atoms with Crippen LogP contribution in [0.15, 0.2) is 0 Å². The van der Waals surface area contributed by atoms with Crippen LogP contribution in [-0.2, 0) is 9.53 Å². The average Bonchev–Trinajstić information content (AvgIpc) is 1.85. The minimum atomic E-state index is -0.704. The van der Waals surface area contributed by atoms with E-state index in [0.717, 1.165) is 0 Å². The molecule has 0 N–H and O–H groups in total. The third-order valence-corrected chi connectivity index (χ3v) is 2.01. The van der Waals surface area contributed by atoms with Gasteiger partial charge < -0.3 is 4.74 Å². The zero-order valence-corrected chi connectivity index (χ0v) is 7.45. The molecule has 0 aliphatic carbocycles. The predicted octanol–water partition coefficient (Wildman–Crippen LogP) is 2.13. The molecule has 0 saturated carbocycles. The van der Waals surface area contributed by atoms with E-state index in [-0.39, 0.29) is 5.38 Å². The van der Waals surface area contributed by atoms with E-state index in [1.807, 2.05) is 6.92 Å². The Morgan fingerprint density at radius 3 is 2.40 bits per heavy atom. The van der Waals surface area contributed by atoms with Crippen LogP contribution in [0.3, 0.4) is 0 Å². The van der Waals surface area contributed by atoms with Crippen LogP contribution >= 0.6 is 23.2 Å². The van der Waals surface area contributed by atoms with Crippen molar-refractivity contribution in [1.82, 2.24) is 0 Å².